The van der Waals surface area contributed by atoms with Crippen LogP contribution < -0.4 is 14.9 Å². The summed E-state index contributed by atoms with van der Waals surface area (Å²) in [5, 5.41) is 7.02. The third-order valence-electron chi connectivity index (χ3n) is 5.96. The first-order chi connectivity index (χ1) is 15.1. The molecule has 31 heavy (non-hydrogen) atoms. The van der Waals surface area contributed by atoms with E-state index in [1.54, 1.807) is 30.5 Å². The Labute approximate surface area is 196 Å². The van der Waals surface area contributed by atoms with Crippen molar-refractivity contribution >= 4 is 62.1 Å². The number of aromatic nitrogens is 4. The Morgan fingerprint density at radius 3 is 2.65 bits per heavy atom. The monoisotopic (exact) mass is 501 g/mol. The van der Waals surface area contributed by atoms with Crippen molar-refractivity contribution in [2.45, 2.75) is 45.1 Å². The molecule has 164 valence electrons. The standard InChI is InChI=1S/C22H28BrN7S/c1-4-14-5-7-15(8-6-14)27-22-26-13-16(23)21(29-22)28-18-10-9-17-19(25-12-11-24-17)20(18)30(2)31-3/h9-15H,4-8H2,1-3H3,(H2,26,27,28,29). The molecule has 0 saturated heterocycles. The quantitative estimate of drug-likeness (QED) is 0.380. The van der Waals surface area contributed by atoms with Gasteiger partial charge in [0.2, 0.25) is 5.95 Å². The summed E-state index contributed by atoms with van der Waals surface area (Å²) in [6, 6.07) is 4.43. The van der Waals surface area contributed by atoms with E-state index in [4.69, 9.17) is 4.98 Å². The number of fused-ring (bicyclic) bond motifs is 1. The molecule has 1 aliphatic rings. The molecule has 0 atom stereocenters. The number of nitrogens with zero attached hydrogens (tertiary/aromatic N) is 5. The van der Waals surface area contributed by atoms with Crippen LogP contribution in [-0.4, -0.2) is 39.3 Å². The number of hydrogen-bond donors (Lipinski definition) is 2. The molecule has 0 aliphatic heterocycles. The van der Waals surface area contributed by atoms with Crippen molar-refractivity contribution in [3.05, 3.63) is 35.2 Å². The number of halogens is 1. The van der Waals surface area contributed by atoms with Crippen LogP contribution in [0.2, 0.25) is 0 Å². The third kappa shape index (κ3) is 5.03. The minimum Gasteiger partial charge on any atom is -0.351 e. The summed E-state index contributed by atoms with van der Waals surface area (Å²) in [4.78, 5) is 18.3. The minimum atomic E-state index is 0.436. The topological polar surface area (TPSA) is 78.9 Å². The van der Waals surface area contributed by atoms with E-state index >= 15 is 0 Å². The van der Waals surface area contributed by atoms with Crippen molar-refractivity contribution in [1.29, 1.82) is 0 Å². The van der Waals surface area contributed by atoms with Crippen LogP contribution in [0.5, 0.6) is 0 Å². The SMILES string of the molecule is CCC1CCC(Nc2ncc(Br)c(Nc3ccc4nccnc4c3N(C)SC)n2)CC1. The van der Waals surface area contributed by atoms with Crippen molar-refractivity contribution < 1.29 is 0 Å². The first-order valence-corrected chi connectivity index (χ1v) is 12.6. The summed E-state index contributed by atoms with van der Waals surface area (Å²) in [5.74, 6) is 2.24. The lowest BCUT2D eigenvalue weighted by atomic mass is 9.85. The van der Waals surface area contributed by atoms with Gasteiger partial charge in [0.25, 0.3) is 0 Å². The Morgan fingerprint density at radius 2 is 1.90 bits per heavy atom. The molecule has 2 heterocycles. The lowest BCUT2D eigenvalue weighted by Gasteiger charge is -2.28. The Bertz CT molecular complexity index is 1040. The van der Waals surface area contributed by atoms with Crippen LogP contribution in [0.1, 0.15) is 39.0 Å². The second-order valence-electron chi connectivity index (χ2n) is 7.85. The summed E-state index contributed by atoms with van der Waals surface area (Å²) >= 11 is 5.22. The largest absolute Gasteiger partial charge is 0.351 e. The lowest BCUT2D eigenvalue weighted by Crippen LogP contribution is -2.26. The van der Waals surface area contributed by atoms with Gasteiger partial charge < -0.3 is 14.9 Å². The average molecular weight is 502 g/mol. The molecule has 1 aliphatic carbocycles. The van der Waals surface area contributed by atoms with E-state index < -0.39 is 0 Å². The summed E-state index contributed by atoms with van der Waals surface area (Å²) in [5.41, 5.74) is 3.59. The molecule has 0 bridgehead atoms. The minimum absolute atomic E-state index is 0.436. The zero-order valence-corrected chi connectivity index (χ0v) is 20.5. The number of nitrogens with one attached hydrogen (secondary N) is 2. The van der Waals surface area contributed by atoms with E-state index in [0.717, 1.165) is 38.6 Å². The van der Waals surface area contributed by atoms with Crippen molar-refractivity contribution in [2.24, 2.45) is 5.92 Å². The van der Waals surface area contributed by atoms with Crippen molar-refractivity contribution in [3.8, 4) is 0 Å². The van der Waals surface area contributed by atoms with Gasteiger partial charge in [-0.2, -0.15) is 4.98 Å². The number of benzene rings is 1. The van der Waals surface area contributed by atoms with Gasteiger partial charge in [-0.05, 0) is 59.7 Å². The molecule has 9 heteroatoms. The summed E-state index contributed by atoms with van der Waals surface area (Å²) < 4.78 is 2.89. The highest BCUT2D eigenvalue weighted by atomic mass is 79.9. The molecule has 2 N–H and O–H groups in total. The Kier molecular flexibility index (Phi) is 7.12. The second-order valence-corrected chi connectivity index (χ2v) is 9.62. The van der Waals surface area contributed by atoms with Gasteiger partial charge in [0.1, 0.15) is 11.3 Å². The molecule has 0 unspecified atom stereocenters. The van der Waals surface area contributed by atoms with Gasteiger partial charge in [-0.15, -0.1) is 0 Å². The Morgan fingerprint density at radius 1 is 1.13 bits per heavy atom. The fourth-order valence-corrected chi connectivity index (χ4v) is 4.74. The average Bonchev–Trinajstić information content (AvgIpc) is 2.81. The third-order valence-corrected chi connectivity index (χ3v) is 7.27. The normalized spacial score (nSPS) is 18.7. The van der Waals surface area contributed by atoms with E-state index in [9.17, 15) is 0 Å². The van der Waals surface area contributed by atoms with Crippen molar-refractivity contribution in [1.82, 2.24) is 19.9 Å². The maximum absolute atomic E-state index is 4.77. The molecule has 1 saturated carbocycles. The number of rotatable bonds is 7. The van der Waals surface area contributed by atoms with Gasteiger partial charge >= 0.3 is 0 Å². The maximum Gasteiger partial charge on any atom is 0.224 e. The van der Waals surface area contributed by atoms with Gasteiger partial charge in [-0.25, -0.2) is 4.98 Å². The Balaban J connectivity index is 1.59. The predicted molar refractivity (Wildman–Crippen MR) is 134 cm³/mol. The molecule has 0 spiro atoms. The molecule has 4 rings (SSSR count). The van der Waals surface area contributed by atoms with E-state index in [-0.39, 0.29) is 0 Å². The number of hydrogen-bond acceptors (Lipinski definition) is 8. The highest BCUT2D eigenvalue weighted by Gasteiger charge is 2.21. The van der Waals surface area contributed by atoms with Crippen LogP contribution >= 0.6 is 27.9 Å². The van der Waals surface area contributed by atoms with Crippen molar-refractivity contribution in [2.75, 3.05) is 28.2 Å². The molecular weight excluding hydrogens is 474 g/mol. The van der Waals surface area contributed by atoms with Gasteiger partial charge in [-0.1, -0.05) is 25.3 Å². The smallest absolute Gasteiger partial charge is 0.224 e. The maximum atomic E-state index is 4.77. The van der Waals surface area contributed by atoms with Crippen LogP contribution in [-0.2, 0) is 0 Å². The second kappa shape index (κ2) is 9.99. The van der Waals surface area contributed by atoms with Crippen LogP contribution in [0.25, 0.3) is 11.0 Å². The van der Waals surface area contributed by atoms with E-state index in [0.29, 0.717) is 12.0 Å². The molecule has 0 radical (unpaired) electrons. The van der Waals surface area contributed by atoms with E-state index in [2.05, 4.69) is 52.7 Å². The Hall–Kier alpha value is -2.13. The lowest BCUT2D eigenvalue weighted by molar-refractivity contribution is 0.329. The van der Waals surface area contributed by atoms with Crippen LogP contribution in [0.3, 0.4) is 0 Å². The predicted octanol–water partition coefficient (Wildman–Crippen LogP) is 6.02. The fraction of sp³-hybridized carbons (Fsp3) is 0.455. The first kappa shape index (κ1) is 22.1. The summed E-state index contributed by atoms with van der Waals surface area (Å²) in [6.45, 7) is 2.29. The highest BCUT2D eigenvalue weighted by Crippen LogP contribution is 2.37. The van der Waals surface area contributed by atoms with Crippen molar-refractivity contribution in [3.63, 3.8) is 0 Å². The number of anilines is 4. The molecular formula is C22H28BrN7S. The first-order valence-electron chi connectivity index (χ1n) is 10.7. The van der Waals surface area contributed by atoms with Gasteiger partial charge in [0, 0.05) is 37.9 Å². The van der Waals surface area contributed by atoms with Gasteiger partial charge in [-0.3, -0.25) is 9.97 Å². The molecule has 1 fully saturated rings. The fourth-order valence-electron chi connectivity index (χ4n) is 4.08. The highest BCUT2D eigenvalue weighted by molar-refractivity contribution is 9.10. The van der Waals surface area contributed by atoms with Crippen LogP contribution in [0.15, 0.2) is 35.2 Å². The molecule has 1 aromatic carbocycles. The van der Waals surface area contributed by atoms with Crippen LogP contribution in [0, 0.1) is 5.92 Å². The van der Waals surface area contributed by atoms with Gasteiger partial charge in [0.05, 0.1) is 21.4 Å². The van der Waals surface area contributed by atoms with E-state index in [1.807, 2.05) is 25.4 Å². The molecule has 0 amide bonds. The zero-order valence-electron chi connectivity index (χ0n) is 18.1. The molecule has 7 nitrogen and oxygen atoms in total. The molecule has 2 aromatic heterocycles. The summed E-state index contributed by atoms with van der Waals surface area (Å²) in [7, 11) is 2.02. The summed E-state index contributed by atoms with van der Waals surface area (Å²) in [6.07, 6.45) is 13.4. The van der Waals surface area contributed by atoms with E-state index in [1.165, 1.54) is 32.1 Å². The zero-order chi connectivity index (χ0) is 21.8. The van der Waals surface area contributed by atoms with Gasteiger partial charge in [0.15, 0.2) is 0 Å². The van der Waals surface area contributed by atoms with Crippen LogP contribution in [0.4, 0.5) is 23.1 Å². The molecule has 3 aromatic rings.